The fourth-order valence-corrected chi connectivity index (χ4v) is 2.98. The minimum Gasteiger partial charge on any atom is -0.369 e. The SMILES string of the molecule is CC(C)(C)CC(=O)CC1CCCCC12CO2. The molecule has 2 unspecified atom stereocenters. The molecule has 0 amide bonds. The van der Waals surface area contributed by atoms with E-state index in [1.807, 2.05) is 0 Å². The Hall–Kier alpha value is -0.370. The molecule has 92 valence electrons. The first kappa shape index (κ1) is 12.1. The van der Waals surface area contributed by atoms with E-state index in [4.69, 9.17) is 4.74 Å². The second-order valence-electron chi connectivity index (χ2n) is 6.78. The van der Waals surface area contributed by atoms with E-state index in [0.29, 0.717) is 18.1 Å². The van der Waals surface area contributed by atoms with Crippen LogP contribution in [0.1, 0.15) is 59.3 Å². The van der Waals surface area contributed by atoms with Crippen molar-refractivity contribution in [2.45, 2.75) is 64.9 Å². The normalized spacial score (nSPS) is 34.1. The number of hydrogen-bond acceptors (Lipinski definition) is 2. The van der Waals surface area contributed by atoms with Gasteiger partial charge in [0.05, 0.1) is 12.2 Å². The Kier molecular flexibility index (Phi) is 3.13. The Morgan fingerprint density at radius 1 is 1.38 bits per heavy atom. The molecule has 1 saturated heterocycles. The van der Waals surface area contributed by atoms with Gasteiger partial charge in [-0.2, -0.15) is 0 Å². The number of Topliss-reactive ketones (excluding diaryl/α,β-unsaturated/α-hetero) is 1. The lowest BCUT2D eigenvalue weighted by atomic mass is 9.75. The molecular weight excluding hydrogens is 200 g/mol. The van der Waals surface area contributed by atoms with Gasteiger partial charge in [0.15, 0.2) is 0 Å². The third-order valence-corrected chi connectivity index (χ3v) is 3.86. The van der Waals surface area contributed by atoms with Gasteiger partial charge in [0.25, 0.3) is 0 Å². The van der Waals surface area contributed by atoms with E-state index in [9.17, 15) is 4.79 Å². The molecule has 0 aromatic heterocycles. The van der Waals surface area contributed by atoms with Crippen LogP contribution in [-0.4, -0.2) is 18.0 Å². The molecule has 1 aliphatic carbocycles. The predicted molar refractivity (Wildman–Crippen MR) is 64.3 cm³/mol. The molecule has 2 fully saturated rings. The zero-order valence-electron chi connectivity index (χ0n) is 10.8. The standard InChI is InChI=1S/C14H24O2/c1-13(2,3)9-12(15)8-11-6-4-5-7-14(11)10-16-14/h11H,4-10H2,1-3H3. The summed E-state index contributed by atoms with van der Waals surface area (Å²) in [5, 5.41) is 0. The van der Waals surface area contributed by atoms with Gasteiger partial charge >= 0.3 is 0 Å². The first-order chi connectivity index (χ1) is 7.41. The highest BCUT2D eigenvalue weighted by Gasteiger charge is 2.52. The summed E-state index contributed by atoms with van der Waals surface area (Å²) in [5.74, 6) is 0.936. The molecule has 2 aliphatic rings. The first-order valence-corrected chi connectivity index (χ1v) is 6.57. The molecule has 0 radical (unpaired) electrons. The lowest BCUT2D eigenvalue weighted by Crippen LogP contribution is -2.31. The van der Waals surface area contributed by atoms with Gasteiger partial charge in [-0.25, -0.2) is 0 Å². The van der Waals surface area contributed by atoms with Gasteiger partial charge in [-0.05, 0) is 24.2 Å². The molecule has 2 nitrogen and oxygen atoms in total. The number of carbonyl (C=O) groups is 1. The van der Waals surface area contributed by atoms with Gasteiger partial charge in [-0.1, -0.05) is 33.6 Å². The van der Waals surface area contributed by atoms with E-state index >= 15 is 0 Å². The minimum atomic E-state index is 0.128. The topological polar surface area (TPSA) is 29.6 Å². The fraction of sp³-hybridized carbons (Fsp3) is 0.929. The number of ether oxygens (including phenoxy) is 1. The molecule has 0 bridgehead atoms. The third-order valence-electron chi connectivity index (χ3n) is 3.86. The maximum Gasteiger partial charge on any atom is 0.133 e. The summed E-state index contributed by atoms with van der Waals surface area (Å²) >= 11 is 0. The van der Waals surface area contributed by atoms with Crippen LogP contribution < -0.4 is 0 Å². The molecule has 2 atom stereocenters. The maximum absolute atomic E-state index is 12.0. The summed E-state index contributed by atoms with van der Waals surface area (Å²) in [5.41, 5.74) is 0.259. The molecular formula is C14H24O2. The number of carbonyl (C=O) groups excluding carboxylic acids is 1. The van der Waals surface area contributed by atoms with Gasteiger partial charge in [-0.3, -0.25) is 4.79 Å². The van der Waals surface area contributed by atoms with Crippen molar-refractivity contribution in [1.29, 1.82) is 0 Å². The van der Waals surface area contributed by atoms with Gasteiger partial charge < -0.3 is 4.74 Å². The van der Waals surface area contributed by atoms with Crippen molar-refractivity contribution >= 4 is 5.78 Å². The Labute approximate surface area is 98.7 Å². The van der Waals surface area contributed by atoms with Crippen molar-refractivity contribution in [3.05, 3.63) is 0 Å². The Balaban J connectivity index is 1.86. The average molecular weight is 224 g/mol. The molecule has 0 aromatic rings. The monoisotopic (exact) mass is 224 g/mol. The van der Waals surface area contributed by atoms with Crippen molar-refractivity contribution in [3.63, 3.8) is 0 Å². The molecule has 1 heterocycles. The van der Waals surface area contributed by atoms with E-state index in [2.05, 4.69) is 20.8 Å². The number of epoxide rings is 1. The molecule has 1 spiro atoms. The Morgan fingerprint density at radius 3 is 2.62 bits per heavy atom. The van der Waals surface area contributed by atoms with Gasteiger partial charge in [-0.15, -0.1) is 0 Å². The zero-order chi connectivity index (χ0) is 11.8. The van der Waals surface area contributed by atoms with Crippen molar-refractivity contribution in [1.82, 2.24) is 0 Å². The van der Waals surface area contributed by atoms with Crippen molar-refractivity contribution in [3.8, 4) is 0 Å². The van der Waals surface area contributed by atoms with Crippen LogP contribution in [0.25, 0.3) is 0 Å². The zero-order valence-corrected chi connectivity index (χ0v) is 10.8. The van der Waals surface area contributed by atoms with E-state index < -0.39 is 0 Å². The number of ketones is 1. The van der Waals surface area contributed by atoms with E-state index in [1.54, 1.807) is 0 Å². The average Bonchev–Trinajstić information content (AvgIpc) is 2.87. The van der Waals surface area contributed by atoms with E-state index in [0.717, 1.165) is 13.0 Å². The molecule has 0 N–H and O–H groups in total. The lowest BCUT2D eigenvalue weighted by molar-refractivity contribution is -0.122. The van der Waals surface area contributed by atoms with Crippen molar-refractivity contribution in [2.24, 2.45) is 11.3 Å². The van der Waals surface area contributed by atoms with Crippen LogP contribution in [-0.2, 0) is 9.53 Å². The van der Waals surface area contributed by atoms with Gasteiger partial charge in [0, 0.05) is 12.8 Å². The van der Waals surface area contributed by atoms with Crippen molar-refractivity contribution < 1.29 is 9.53 Å². The van der Waals surface area contributed by atoms with Gasteiger partial charge in [0.1, 0.15) is 5.78 Å². The third kappa shape index (κ3) is 2.85. The lowest BCUT2D eigenvalue weighted by Gasteiger charge is -2.29. The fourth-order valence-electron chi connectivity index (χ4n) is 2.98. The highest BCUT2D eigenvalue weighted by molar-refractivity contribution is 5.79. The molecule has 1 saturated carbocycles. The van der Waals surface area contributed by atoms with Crippen LogP contribution >= 0.6 is 0 Å². The Morgan fingerprint density at radius 2 is 2.06 bits per heavy atom. The highest BCUT2D eigenvalue weighted by atomic mass is 16.6. The second kappa shape index (κ2) is 4.14. The summed E-state index contributed by atoms with van der Waals surface area (Å²) < 4.78 is 5.63. The molecule has 0 aromatic carbocycles. The maximum atomic E-state index is 12.0. The first-order valence-electron chi connectivity index (χ1n) is 6.57. The second-order valence-corrected chi connectivity index (χ2v) is 6.78. The van der Waals surface area contributed by atoms with Crippen LogP contribution in [0.2, 0.25) is 0 Å². The number of hydrogen-bond donors (Lipinski definition) is 0. The quantitative estimate of drug-likeness (QED) is 0.688. The summed E-state index contributed by atoms with van der Waals surface area (Å²) in [6, 6.07) is 0. The number of rotatable bonds is 3. The molecule has 2 heteroatoms. The minimum absolute atomic E-state index is 0.128. The Bertz CT molecular complexity index is 271. The summed E-state index contributed by atoms with van der Waals surface area (Å²) in [4.78, 5) is 12.0. The van der Waals surface area contributed by atoms with E-state index in [1.165, 1.54) is 25.7 Å². The van der Waals surface area contributed by atoms with Crippen LogP contribution in [0.4, 0.5) is 0 Å². The highest BCUT2D eigenvalue weighted by Crippen LogP contribution is 2.47. The molecule has 1 aliphatic heterocycles. The summed E-state index contributed by atoms with van der Waals surface area (Å²) in [6.45, 7) is 7.31. The van der Waals surface area contributed by atoms with Gasteiger partial charge in [0.2, 0.25) is 0 Å². The van der Waals surface area contributed by atoms with Crippen LogP contribution in [0, 0.1) is 11.3 Å². The van der Waals surface area contributed by atoms with Crippen LogP contribution in [0.15, 0.2) is 0 Å². The van der Waals surface area contributed by atoms with Crippen LogP contribution in [0.3, 0.4) is 0 Å². The largest absolute Gasteiger partial charge is 0.369 e. The summed E-state index contributed by atoms with van der Waals surface area (Å²) in [6.07, 6.45) is 6.38. The van der Waals surface area contributed by atoms with Crippen LogP contribution in [0.5, 0.6) is 0 Å². The molecule has 2 rings (SSSR count). The van der Waals surface area contributed by atoms with E-state index in [-0.39, 0.29) is 11.0 Å². The van der Waals surface area contributed by atoms with Crippen molar-refractivity contribution in [2.75, 3.05) is 6.61 Å². The predicted octanol–water partition coefficient (Wildman–Crippen LogP) is 3.34. The smallest absolute Gasteiger partial charge is 0.133 e. The summed E-state index contributed by atoms with van der Waals surface area (Å²) in [7, 11) is 0. The molecule has 16 heavy (non-hydrogen) atoms.